The van der Waals surface area contributed by atoms with Crippen LogP contribution in [0.2, 0.25) is 0 Å². The Labute approximate surface area is 100 Å². The molecule has 2 heterocycles. The summed E-state index contributed by atoms with van der Waals surface area (Å²) in [5.41, 5.74) is 1.03. The third-order valence-electron chi connectivity index (χ3n) is 2.39. The molecule has 0 aliphatic heterocycles. The highest BCUT2D eigenvalue weighted by molar-refractivity contribution is 5.46. The molecule has 0 amide bonds. The fourth-order valence-corrected chi connectivity index (χ4v) is 1.46. The number of rotatable bonds is 5. The third kappa shape index (κ3) is 2.93. The van der Waals surface area contributed by atoms with Gasteiger partial charge < -0.3 is 10.6 Å². The SMILES string of the molecule is CNc1ncc(C)c(NCCn2cccn2)n1. The number of nitrogens with zero attached hydrogens (tertiary/aromatic N) is 4. The summed E-state index contributed by atoms with van der Waals surface area (Å²) in [6, 6.07) is 1.91. The third-order valence-corrected chi connectivity index (χ3v) is 2.39. The summed E-state index contributed by atoms with van der Waals surface area (Å²) in [7, 11) is 1.80. The number of hydrogen-bond acceptors (Lipinski definition) is 5. The Morgan fingerprint density at radius 1 is 1.41 bits per heavy atom. The van der Waals surface area contributed by atoms with E-state index in [2.05, 4.69) is 25.7 Å². The highest BCUT2D eigenvalue weighted by Gasteiger charge is 2.01. The van der Waals surface area contributed by atoms with Crippen LogP contribution in [0.1, 0.15) is 5.56 Å². The number of hydrogen-bond donors (Lipinski definition) is 2. The topological polar surface area (TPSA) is 67.7 Å². The lowest BCUT2D eigenvalue weighted by atomic mass is 10.3. The van der Waals surface area contributed by atoms with Gasteiger partial charge in [-0.15, -0.1) is 0 Å². The molecule has 90 valence electrons. The quantitative estimate of drug-likeness (QED) is 0.809. The average Bonchev–Trinajstić information content (AvgIpc) is 2.84. The van der Waals surface area contributed by atoms with Crippen LogP contribution in [-0.4, -0.2) is 33.3 Å². The van der Waals surface area contributed by atoms with E-state index in [9.17, 15) is 0 Å². The fourth-order valence-electron chi connectivity index (χ4n) is 1.46. The van der Waals surface area contributed by atoms with Gasteiger partial charge >= 0.3 is 0 Å². The number of aryl methyl sites for hydroxylation is 1. The van der Waals surface area contributed by atoms with Gasteiger partial charge in [0.15, 0.2) is 0 Å². The van der Waals surface area contributed by atoms with Crippen molar-refractivity contribution in [2.24, 2.45) is 0 Å². The van der Waals surface area contributed by atoms with E-state index in [1.165, 1.54) is 0 Å². The minimum Gasteiger partial charge on any atom is -0.368 e. The molecule has 0 spiro atoms. The molecule has 0 unspecified atom stereocenters. The van der Waals surface area contributed by atoms with E-state index < -0.39 is 0 Å². The van der Waals surface area contributed by atoms with E-state index in [1.807, 2.05) is 23.9 Å². The van der Waals surface area contributed by atoms with Crippen molar-refractivity contribution in [3.05, 3.63) is 30.2 Å². The van der Waals surface area contributed by atoms with E-state index in [-0.39, 0.29) is 0 Å². The molecule has 0 aliphatic rings. The first-order valence-corrected chi connectivity index (χ1v) is 5.52. The van der Waals surface area contributed by atoms with Crippen LogP contribution in [0, 0.1) is 6.92 Å². The van der Waals surface area contributed by atoms with Crippen molar-refractivity contribution < 1.29 is 0 Å². The highest BCUT2D eigenvalue weighted by Crippen LogP contribution is 2.11. The summed E-state index contributed by atoms with van der Waals surface area (Å²) in [5.74, 6) is 1.48. The number of nitrogens with one attached hydrogen (secondary N) is 2. The van der Waals surface area contributed by atoms with E-state index in [1.54, 1.807) is 19.4 Å². The van der Waals surface area contributed by atoms with Crippen molar-refractivity contribution in [1.29, 1.82) is 0 Å². The molecule has 0 aromatic carbocycles. The minimum absolute atomic E-state index is 0.622. The van der Waals surface area contributed by atoms with Crippen molar-refractivity contribution in [2.75, 3.05) is 24.2 Å². The Bertz CT molecular complexity index is 465. The van der Waals surface area contributed by atoms with Gasteiger partial charge in [-0.25, -0.2) is 4.98 Å². The smallest absolute Gasteiger partial charge is 0.224 e. The van der Waals surface area contributed by atoms with Gasteiger partial charge in [0.1, 0.15) is 5.82 Å². The van der Waals surface area contributed by atoms with Gasteiger partial charge in [-0.1, -0.05) is 0 Å². The van der Waals surface area contributed by atoms with Crippen LogP contribution in [-0.2, 0) is 6.54 Å². The lowest BCUT2D eigenvalue weighted by molar-refractivity contribution is 0.637. The normalized spacial score (nSPS) is 10.2. The van der Waals surface area contributed by atoms with Crippen LogP contribution in [0.25, 0.3) is 0 Å². The molecule has 0 saturated heterocycles. The maximum Gasteiger partial charge on any atom is 0.224 e. The second-order valence-electron chi connectivity index (χ2n) is 3.67. The molecule has 2 rings (SSSR count). The zero-order valence-electron chi connectivity index (χ0n) is 10.0. The van der Waals surface area contributed by atoms with Gasteiger partial charge in [-0.05, 0) is 13.0 Å². The van der Waals surface area contributed by atoms with Crippen LogP contribution < -0.4 is 10.6 Å². The molecular weight excluding hydrogens is 216 g/mol. The zero-order chi connectivity index (χ0) is 12.1. The first-order valence-electron chi connectivity index (χ1n) is 5.52. The average molecular weight is 232 g/mol. The predicted molar refractivity (Wildman–Crippen MR) is 67.0 cm³/mol. The highest BCUT2D eigenvalue weighted by atomic mass is 15.3. The van der Waals surface area contributed by atoms with Gasteiger partial charge in [0.05, 0.1) is 6.54 Å². The summed E-state index contributed by atoms with van der Waals surface area (Å²) in [5, 5.41) is 10.3. The van der Waals surface area contributed by atoms with Crippen LogP contribution in [0.4, 0.5) is 11.8 Å². The lowest BCUT2D eigenvalue weighted by Gasteiger charge is -2.09. The first kappa shape index (κ1) is 11.4. The molecule has 0 fully saturated rings. The van der Waals surface area contributed by atoms with Gasteiger partial charge in [-0.3, -0.25) is 4.68 Å². The van der Waals surface area contributed by atoms with E-state index in [0.717, 1.165) is 24.5 Å². The molecule has 0 aliphatic carbocycles. The molecule has 0 bridgehead atoms. The minimum atomic E-state index is 0.622. The van der Waals surface area contributed by atoms with Crippen LogP contribution in [0.3, 0.4) is 0 Å². The van der Waals surface area contributed by atoms with Gasteiger partial charge in [-0.2, -0.15) is 10.1 Å². The van der Waals surface area contributed by atoms with Crippen LogP contribution >= 0.6 is 0 Å². The lowest BCUT2D eigenvalue weighted by Crippen LogP contribution is -2.13. The fraction of sp³-hybridized carbons (Fsp3) is 0.364. The van der Waals surface area contributed by atoms with Crippen molar-refractivity contribution in [3.63, 3.8) is 0 Å². The maximum atomic E-state index is 4.35. The molecular formula is C11H16N6. The summed E-state index contributed by atoms with van der Waals surface area (Å²) in [6.45, 7) is 3.57. The molecule has 6 nitrogen and oxygen atoms in total. The second kappa shape index (κ2) is 5.29. The first-order chi connectivity index (χ1) is 8.29. The van der Waals surface area contributed by atoms with E-state index in [4.69, 9.17) is 0 Å². The number of aromatic nitrogens is 4. The maximum absolute atomic E-state index is 4.35. The van der Waals surface area contributed by atoms with Crippen molar-refractivity contribution in [2.45, 2.75) is 13.5 Å². The predicted octanol–water partition coefficient (Wildman–Crippen LogP) is 1.14. The molecule has 2 N–H and O–H groups in total. The van der Waals surface area contributed by atoms with Gasteiger partial charge in [0, 0.05) is 37.7 Å². The standard InChI is InChI=1S/C11H16N6/c1-9-8-14-11(12-2)16-10(9)13-5-7-17-6-3-4-15-17/h3-4,6,8H,5,7H2,1-2H3,(H2,12,13,14,16). The van der Waals surface area contributed by atoms with Crippen LogP contribution in [0.15, 0.2) is 24.7 Å². The Hall–Kier alpha value is -2.11. The zero-order valence-corrected chi connectivity index (χ0v) is 10.0. The second-order valence-corrected chi connectivity index (χ2v) is 3.67. The van der Waals surface area contributed by atoms with E-state index in [0.29, 0.717) is 5.95 Å². The summed E-state index contributed by atoms with van der Waals surface area (Å²) in [6.07, 6.45) is 5.51. The summed E-state index contributed by atoms with van der Waals surface area (Å²) in [4.78, 5) is 8.48. The Balaban J connectivity index is 1.94. The number of anilines is 2. The van der Waals surface area contributed by atoms with Gasteiger partial charge in [0.2, 0.25) is 5.95 Å². The summed E-state index contributed by atoms with van der Waals surface area (Å²) < 4.78 is 1.88. The monoisotopic (exact) mass is 232 g/mol. The molecule has 0 atom stereocenters. The molecule has 2 aromatic heterocycles. The Morgan fingerprint density at radius 2 is 2.29 bits per heavy atom. The van der Waals surface area contributed by atoms with Crippen LogP contribution in [0.5, 0.6) is 0 Å². The molecule has 6 heteroatoms. The summed E-state index contributed by atoms with van der Waals surface area (Å²) >= 11 is 0. The van der Waals surface area contributed by atoms with E-state index >= 15 is 0 Å². The Morgan fingerprint density at radius 3 is 3.00 bits per heavy atom. The molecule has 0 saturated carbocycles. The molecule has 0 radical (unpaired) electrons. The largest absolute Gasteiger partial charge is 0.368 e. The van der Waals surface area contributed by atoms with Crippen molar-refractivity contribution >= 4 is 11.8 Å². The molecule has 17 heavy (non-hydrogen) atoms. The van der Waals surface area contributed by atoms with Crippen molar-refractivity contribution in [3.8, 4) is 0 Å². The Kier molecular flexibility index (Phi) is 3.54. The van der Waals surface area contributed by atoms with Gasteiger partial charge in [0.25, 0.3) is 0 Å². The molecule has 2 aromatic rings. The van der Waals surface area contributed by atoms with Crippen molar-refractivity contribution in [1.82, 2.24) is 19.7 Å².